The van der Waals surface area contributed by atoms with Crippen molar-refractivity contribution in [3.8, 4) is 17.0 Å². The molecule has 0 N–H and O–H groups in total. The van der Waals surface area contributed by atoms with E-state index in [1.54, 1.807) is 34.9 Å². The van der Waals surface area contributed by atoms with Crippen LogP contribution in [0.2, 0.25) is 5.02 Å². The summed E-state index contributed by atoms with van der Waals surface area (Å²) in [5.74, 6) is -0.217. The predicted molar refractivity (Wildman–Crippen MR) is 126 cm³/mol. The first kappa shape index (κ1) is 23.6. The summed E-state index contributed by atoms with van der Waals surface area (Å²) in [6.07, 6.45) is -1.21. The van der Waals surface area contributed by atoms with Crippen LogP contribution >= 0.6 is 11.6 Å². The number of pyridine rings is 1. The smallest absolute Gasteiger partial charge is 0.433 e. The second kappa shape index (κ2) is 8.83. The van der Waals surface area contributed by atoms with E-state index in [1.807, 2.05) is 24.4 Å². The monoisotopic (exact) mass is 514 g/mol. The maximum atomic E-state index is 14.0. The molecule has 0 atom stereocenters. The molecule has 0 unspecified atom stereocenters. The maximum Gasteiger partial charge on any atom is 0.433 e. The van der Waals surface area contributed by atoms with Crippen LogP contribution in [0.5, 0.6) is 5.75 Å². The highest BCUT2D eigenvalue weighted by Gasteiger charge is 2.37. The van der Waals surface area contributed by atoms with Gasteiger partial charge in [-0.15, -0.1) is 0 Å². The molecule has 36 heavy (non-hydrogen) atoms. The number of methoxy groups -OCH3 is 1. The van der Waals surface area contributed by atoms with Crippen LogP contribution in [-0.4, -0.2) is 48.9 Å². The van der Waals surface area contributed by atoms with Crippen LogP contribution in [0.15, 0.2) is 60.9 Å². The minimum absolute atomic E-state index is 0.00702. The second-order valence-electron chi connectivity index (χ2n) is 8.01. The Morgan fingerprint density at radius 2 is 1.94 bits per heavy atom. The van der Waals surface area contributed by atoms with E-state index in [0.29, 0.717) is 27.2 Å². The molecule has 5 aromatic rings. The van der Waals surface area contributed by atoms with Crippen molar-refractivity contribution in [2.24, 2.45) is 0 Å². The summed E-state index contributed by atoms with van der Waals surface area (Å²) >= 11 is 6.40. The number of imidazole rings is 1. The Morgan fingerprint density at radius 1 is 1.14 bits per heavy atom. The van der Waals surface area contributed by atoms with Gasteiger partial charge in [-0.1, -0.05) is 29.8 Å². The molecule has 0 spiro atoms. The summed E-state index contributed by atoms with van der Waals surface area (Å²) in [5, 5.41) is 3.63. The average Bonchev–Trinajstić information content (AvgIpc) is 3.42. The van der Waals surface area contributed by atoms with Crippen LogP contribution in [0.3, 0.4) is 0 Å². The lowest BCUT2D eigenvalue weighted by Crippen LogP contribution is -2.27. The number of carbonyl (C=O) groups is 1. The summed E-state index contributed by atoms with van der Waals surface area (Å²) < 4.78 is 49.5. The van der Waals surface area contributed by atoms with Gasteiger partial charge in [0.05, 0.1) is 25.0 Å². The molecule has 0 saturated heterocycles. The van der Waals surface area contributed by atoms with E-state index in [-0.39, 0.29) is 28.6 Å². The summed E-state index contributed by atoms with van der Waals surface area (Å²) in [6, 6.07) is 12.8. The molecule has 0 bridgehead atoms. The van der Waals surface area contributed by atoms with Crippen molar-refractivity contribution in [1.29, 1.82) is 0 Å². The summed E-state index contributed by atoms with van der Waals surface area (Å²) in [7, 11) is 2.94. The molecule has 5 rings (SSSR count). The van der Waals surface area contributed by atoms with Crippen molar-refractivity contribution in [1.82, 2.24) is 28.9 Å². The van der Waals surface area contributed by atoms with Gasteiger partial charge in [-0.25, -0.2) is 14.5 Å². The molecule has 0 aliphatic rings. The molecule has 0 aliphatic carbocycles. The van der Waals surface area contributed by atoms with E-state index in [0.717, 1.165) is 6.07 Å². The summed E-state index contributed by atoms with van der Waals surface area (Å²) in [5.41, 5.74) is -0.0645. The minimum Gasteiger partial charge on any atom is -0.497 e. The number of nitrogens with zero attached hydrogens (tertiary/aromatic N) is 6. The predicted octanol–water partition coefficient (Wildman–Crippen LogP) is 5.00. The highest BCUT2D eigenvalue weighted by molar-refractivity contribution is 6.36. The fraction of sp³-hybridized carbons (Fsp3) is 0.167. The maximum absolute atomic E-state index is 14.0. The van der Waals surface area contributed by atoms with Gasteiger partial charge in [0.25, 0.3) is 5.91 Å². The second-order valence-corrected chi connectivity index (χ2v) is 8.39. The quantitative estimate of drug-likeness (QED) is 0.330. The SMILES string of the molecule is COc1cccc(-c2cc(C(F)(F)F)n3nc(C(=O)N(C)Cc4cn5ccccc5n4)c(Cl)c3n2)c1. The Bertz CT molecular complexity index is 1580. The molecular weight excluding hydrogens is 497 g/mol. The van der Waals surface area contributed by atoms with E-state index in [4.69, 9.17) is 16.3 Å². The van der Waals surface area contributed by atoms with Crippen molar-refractivity contribution >= 4 is 28.8 Å². The van der Waals surface area contributed by atoms with E-state index < -0.39 is 17.8 Å². The standard InChI is InChI=1S/C24H18ClF3N6O2/c1-32(12-15-13-33-9-4-3-8-19(33)29-15)23(35)21-20(25)22-30-17(14-6-5-7-16(10-14)36-2)11-18(24(26,27)28)34(22)31-21/h3-11,13H,12H2,1-2H3. The number of benzene rings is 1. The minimum atomic E-state index is -4.78. The lowest BCUT2D eigenvalue weighted by Gasteiger charge is -2.14. The molecule has 0 saturated carbocycles. The molecule has 4 aromatic heterocycles. The Labute approximate surface area is 207 Å². The number of hydrogen-bond acceptors (Lipinski definition) is 5. The fourth-order valence-corrected chi connectivity index (χ4v) is 4.06. The number of aromatic nitrogens is 5. The van der Waals surface area contributed by atoms with E-state index in [2.05, 4.69) is 15.1 Å². The van der Waals surface area contributed by atoms with E-state index >= 15 is 0 Å². The molecule has 0 fully saturated rings. The number of carbonyl (C=O) groups excluding carboxylic acids is 1. The van der Waals surface area contributed by atoms with E-state index in [9.17, 15) is 18.0 Å². The van der Waals surface area contributed by atoms with Gasteiger partial charge in [-0.2, -0.15) is 18.3 Å². The molecule has 1 aromatic carbocycles. The highest BCUT2D eigenvalue weighted by Crippen LogP contribution is 2.35. The zero-order valence-corrected chi connectivity index (χ0v) is 19.7. The normalized spacial score (nSPS) is 11.8. The number of alkyl halides is 3. The topological polar surface area (TPSA) is 77.0 Å². The van der Waals surface area contributed by atoms with Crippen molar-refractivity contribution < 1.29 is 22.7 Å². The van der Waals surface area contributed by atoms with Crippen molar-refractivity contribution in [3.63, 3.8) is 0 Å². The Morgan fingerprint density at radius 3 is 2.67 bits per heavy atom. The Balaban J connectivity index is 1.55. The molecule has 8 nitrogen and oxygen atoms in total. The molecule has 0 radical (unpaired) electrons. The van der Waals surface area contributed by atoms with Crippen molar-refractivity contribution in [3.05, 3.63) is 83.0 Å². The van der Waals surface area contributed by atoms with Gasteiger partial charge in [0.15, 0.2) is 17.0 Å². The Hall–Kier alpha value is -4.12. The zero-order valence-electron chi connectivity index (χ0n) is 19.0. The lowest BCUT2D eigenvalue weighted by molar-refractivity contribution is -0.142. The molecule has 4 heterocycles. The van der Waals surface area contributed by atoms with Gasteiger partial charge in [0.1, 0.15) is 16.4 Å². The third-order valence-corrected chi connectivity index (χ3v) is 5.90. The summed E-state index contributed by atoms with van der Waals surface area (Å²) in [4.78, 5) is 23.2. The van der Waals surface area contributed by atoms with Crippen molar-refractivity contribution in [2.45, 2.75) is 12.7 Å². The first-order valence-electron chi connectivity index (χ1n) is 10.6. The molecule has 1 amide bonds. The molecule has 12 heteroatoms. The van der Waals surface area contributed by atoms with Crippen LogP contribution in [0, 0.1) is 0 Å². The Kier molecular flexibility index (Phi) is 5.79. The number of rotatable bonds is 5. The first-order chi connectivity index (χ1) is 17.2. The van der Waals surface area contributed by atoms with Crippen LogP contribution in [0.25, 0.3) is 22.6 Å². The van der Waals surface area contributed by atoms with Crippen molar-refractivity contribution in [2.75, 3.05) is 14.2 Å². The van der Waals surface area contributed by atoms with Gasteiger partial charge < -0.3 is 14.0 Å². The molecule has 184 valence electrons. The van der Waals surface area contributed by atoms with Gasteiger partial charge >= 0.3 is 6.18 Å². The van der Waals surface area contributed by atoms with Crippen LogP contribution in [0.1, 0.15) is 21.9 Å². The van der Waals surface area contributed by atoms with Crippen LogP contribution < -0.4 is 4.74 Å². The van der Waals surface area contributed by atoms with Gasteiger partial charge in [0, 0.05) is 25.0 Å². The fourth-order valence-electron chi connectivity index (χ4n) is 3.82. The zero-order chi connectivity index (χ0) is 25.6. The lowest BCUT2D eigenvalue weighted by atomic mass is 10.1. The van der Waals surface area contributed by atoms with Gasteiger partial charge in [-0.05, 0) is 30.3 Å². The third-order valence-electron chi connectivity index (χ3n) is 5.55. The van der Waals surface area contributed by atoms with Crippen LogP contribution in [0.4, 0.5) is 13.2 Å². The number of fused-ring (bicyclic) bond motifs is 2. The largest absolute Gasteiger partial charge is 0.497 e. The van der Waals surface area contributed by atoms with Gasteiger partial charge in [0.2, 0.25) is 0 Å². The van der Waals surface area contributed by atoms with Crippen LogP contribution in [-0.2, 0) is 12.7 Å². The highest BCUT2D eigenvalue weighted by atomic mass is 35.5. The number of hydrogen-bond donors (Lipinski definition) is 0. The number of halogens is 4. The molecular formula is C24H18ClF3N6O2. The molecule has 0 aliphatic heterocycles. The first-order valence-corrected chi connectivity index (χ1v) is 11.0. The third kappa shape index (κ3) is 4.22. The average molecular weight is 515 g/mol. The summed E-state index contributed by atoms with van der Waals surface area (Å²) in [6.45, 7) is 0.0966. The van der Waals surface area contributed by atoms with Gasteiger partial charge in [-0.3, -0.25) is 4.79 Å². The number of amides is 1. The van der Waals surface area contributed by atoms with E-state index in [1.165, 1.54) is 19.1 Å². The number of ether oxygens (including phenoxy) is 1.